The fraction of sp³-hybridized carbons (Fsp3) is 0.778. The summed E-state index contributed by atoms with van der Waals surface area (Å²) in [4.78, 5) is 84.3. The first-order chi connectivity index (χ1) is 24.3. The zero-order valence-corrected chi connectivity index (χ0v) is 35.8. The molecule has 0 saturated heterocycles. The predicted octanol–water partition coefficient (Wildman–Crippen LogP) is 5.73. The summed E-state index contributed by atoms with van der Waals surface area (Å²) in [7, 11) is 7.39. The van der Waals surface area contributed by atoms with Crippen molar-refractivity contribution in [1.29, 1.82) is 0 Å². The van der Waals surface area contributed by atoms with Crippen molar-refractivity contribution in [2.75, 3.05) is 35.3 Å². The van der Waals surface area contributed by atoms with Gasteiger partial charge in [-0.25, -0.2) is 0 Å². The maximum absolute atomic E-state index is 11.0. The van der Waals surface area contributed by atoms with Crippen LogP contribution in [0.15, 0.2) is 0 Å². The van der Waals surface area contributed by atoms with E-state index in [2.05, 4.69) is 26.8 Å². The number of esters is 1. The van der Waals surface area contributed by atoms with E-state index in [-0.39, 0.29) is 68.5 Å². The molecule has 0 aromatic heterocycles. The number of ether oxygens (including phenoxy) is 1. The second-order valence-electron chi connectivity index (χ2n) is 6.86. The quantitative estimate of drug-likeness (QED) is 0.0865. The second kappa shape index (κ2) is 85.7. The maximum atomic E-state index is 11.0. The molecule has 0 spiro atoms. The monoisotopic (exact) mass is 747 g/mol. The fourth-order valence-corrected chi connectivity index (χ4v) is 1.89. The van der Waals surface area contributed by atoms with Gasteiger partial charge < -0.3 is 37.1 Å². The standard InChI is InChI=1S/C9H12O6.C7H13NO2.C6H11NO3.6C2H6.2CH5N/c10-6(1-3-8(12)13)5-7(11)2-4-9(14)15;1-3-6(9)4-5-7(10)8-2;1-7-5(8)3-4-6(9)10-2;8*1-2/h1-5H2,(H,12,13)(H,14,15);3-5H2,1-2H3,(H,8,10);3-4H2,1-2H3,(H,7,8);6*1-2H3;2*2H2,1H3. The van der Waals surface area contributed by atoms with Crippen LogP contribution in [0, 0.1) is 0 Å². The average Bonchev–Trinajstić information content (AvgIpc) is 3.20. The number of amides is 2. The molecule has 0 aliphatic heterocycles. The predicted molar refractivity (Wildman–Crippen MR) is 211 cm³/mol. The van der Waals surface area contributed by atoms with Crippen molar-refractivity contribution in [2.45, 2.75) is 154 Å². The first-order valence-electron chi connectivity index (χ1n) is 17.9. The Labute approximate surface area is 311 Å². The highest BCUT2D eigenvalue weighted by Gasteiger charge is 2.12. The van der Waals surface area contributed by atoms with Crippen molar-refractivity contribution in [3.63, 3.8) is 0 Å². The Morgan fingerprint density at radius 3 is 0.941 bits per heavy atom. The molecular formula is C36H82N4O11. The molecule has 2 amide bonds. The third-order valence-corrected chi connectivity index (χ3v) is 4.00. The van der Waals surface area contributed by atoms with Crippen LogP contribution in [0.5, 0.6) is 0 Å². The molecule has 15 heteroatoms. The van der Waals surface area contributed by atoms with Gasteiger partial charge in [-0.05, 0) is 14.1 Å². The molecule has 0 aromatic rings. The maximum Gasteiger partial charge on any atom is 0.306 e. The number of ketones is 3. The lowest BCUT2D eigenvalue weighted by atomic mass is 10.1. The molecule has 0 fully saturated rings. The smallest absolute Gasteiger partial charge is 0.306 e. The first-order valence-corrected chi connectivity index (χ1v) is 17.9. The van der Waals surface area contributed by atoms with Crippen LogP contribution in [0.3, 0.4) is 0 Å². The Kier molecular flexibility index (Phi) is 129. The van der Waals surface area contributed by atoms with E-state index in [1.54, 1.807) is 14.0 Å². The summed E-state index contributed by atoms with van der Waals surface area (Å²) < 4.78 is 4.33. The van der Waals surface area contributed by atoms with Gasteiger partial charge in [-0.3, -0.25) is 38.4 Å². The molecule has 0 saturated carbocycles. The molecular weight excluding hydrogens is 664 g/mol. The number of carboxylic acid groups (broad SMARTS) is 2. The summed E-state index contributed by atoms with van der Waals surface area (Å²) >= 11 is 0. The molecule has 0 radical (unpaired) electrons. The van der Waals surface area contributed by atoms with Gasteiger partial charge >= 0.3 is 17.9 Å². The fourth-order valence-electron chi connectivity index (χ4n) is 1.89. The lowest BCUT2D eigenvalue weighted by Gasteiger charge is -1.97. The van der Waals surface area contributed by atoms with Crippen LogP contribution in [-0.2, 0) is 43.1 Å². The number of nitrogens with one attached hydrogen (secondary N) is 2. The Hall–Kier alpha value is -3.72. The van der Waals surface area contributed by atoms with Gasteiger partial charge in [0.25, 0.3) is 0 Å². The molecule has 0 unspecified atom stereocenters. The van der Waals surface area contributed by atoms with Crippen LogP contribution < -0.4 is 22.1 Å². The summed E-state index contributed by atoms with van der Waals surface area (Å²) in [5.74, 6) is -3.55. The zero-order valence-electron chi connectivity index (χ0n) is 35.8. The Bertz CT molecular complexity index is 657. The number of hydrogen-bond acceptors (Lipinski definition) is 11. The van der Waals surface area contributed by atoms with Gasteiger partial charge in [-0.1, -0.05) is 90.0 Å². The molecule has 312 valence electrons. The van der Waals surface area contributed by atoms with E-state index < -0.39 is 23.5 Å². The summed E-state index contributed by atoms with van der Waals surface area (Å²) in [5.41, 5.74) is 9.00. The van der Waals surface area contributed by atoms with Gasteiger partial charge in [0.15, 0.2) is 0 Å². The third-order valence-electron chi connectivity index (χ3n) is 4.00. The van der Waals surface area contributed by atoms with Crippen LogP contribution in [0.25, 0.3) is 0 Å². The van der Waals surface area contributed by atoms with E-state index in [1.807, 2.05) is 83.1 Å². The molecule has 0 rings (SSSR count). The highest BCUT2D eigenvalue weighted by Crippen LogP contribution is 2.01. The number of Topliss-reactive ketones (excluding diaryl/α,β-unsaturated/α-hetero) is 3. The Morgan fingerprint density at radius 1 is 0.471 bits per heavy atom. The molecule has 0 aliphatic carbocycles. The highest BCUT2D eigenvalue weighted by atomic mass is 16.5. The van der Waals surface area contributed by atoms with E-state index in [1.165, 1.54) is 28.3 Å². The SMILES string of the molecule is CC.CC.CC.CC.CC.CC.CCC(=O)CCC(=O)NC.CN.CN.CNC(=O)CCC(=O)OC.O=C(O)CCC(=O)CC(=O)CCC(=O)O. The van der Waals surface area contributed by atoms with Crippen molar-refractivity contribution in [3.05, 3.63) is 0 Å². The van der Waals surface area contributed by atoms with Gasteiger partial charge in [-0.2, -0.15) is 0 Å². The molecule has 0 heterocycles. The van der Waals surface area contributed by atoms with Gasteiger partial charge in [0, 0.05) is 52.6 Å². The van der Waals surface area contributed by atoms with Gasteiger partial charge in [0.1, 0.15) is 17.3 Å². The average molecular weight is 747 g/mol. The summed E-state index contributed by atoms with van der Waals surface area (Å²) in [5, 5.41) is 21.4. The van der Waals surface area contributed by atoms with E-state index in [0.717, 1.165) is 0 Å². The second-order valence-corrected chi connectivity index (χ2v) is 6.86. The number of rotatable bonds is 15. The molecule has 0 aliphatic rings. The van der Waals surface area contributed by atoms with Crippen LogP contribution >= 0.6 is 0 Å². The third kappa shape index (κ3) is 113. The van der Waals surface area contributed by atoms with Crippen molar-refractivity contribution < 1.29 is 53.3 Å². The van der Waals surface area contributed by atoms with Gasteiger partial charge in [0.2, 0.25) is 11.8 Å². The van der Waals surface area contributed by atoms with Gasteiger partial charge in [0.05, 0.1) is 32.8 Å². The largest absolute Gasteiger partial charge is 0.481 e. The van der Waals surface area contributed by atoms with Crippen molar-refractivity contribution in [1.82, 2.24) is 10.6 Å². The molecule has 51 heavy (non-hydrogen) atoms. The first kappa shape index (κ1) is 76.9. The molecule has 0 atom stereocenters. The number of carbonyl (C=O) groups excluding carboxylic acids is 6. The molecule has 8 N–H and O–H groups in total. The number of aliphatic carboxylic acids is 2. The van der Waals surface area contributed by atoms with Crippen LogP contribution in [-0.4, -0.2) is 92.6 Å². The van der Waals surface area contributed by atoms with Crippen LogP contribution in [0.1, 0.15) is 154 Å². The normalized spacial score (nSPS) is 7.22. The number of carboxylic acids is 2. The summed E-state index contributed by atoms with van der Waals surface area (Å²) in [6.45, 7) is 25.8. The molecule has 0 aromatic carbocycles. The summed E-state index contributed by atoms with van der Waals surface area (Å²) in [6.07, 6.45) is 0.217. The number of nitrogens with two attached hydrogens (primary N) is 2. The van der Waals surface area contributed by atoms with Crippen LogP contribution in [0.4, 0.5) is 0 Å². The Morgan fingerprint density at radius 2 is 0.725 bits per heavy atom. The van der Waals surface area contributed by atoms with E-state index in [9.17, 15) is 38.4 Å². The zero-order chi connectivity index (χ0) is 43.8. The van der Waals surface area contributed by atoms with Gasteiger partial charge in [-0.15, -0.1) is 0 Å². The molecule has 0 bridgehead atoms. The summed E-state index contributed by atoms with van der Waals surface area (Å²) in [6, 6.07) is 0. The van der Waals surface area contributed by atoms with E-state index >= 15 is 0 Å². The van der Waals surface area contributed by atoms with Crippen molar-refractivity contribution in [3.8, 4) is 0 Å². The number of methoxy groups -OCH3 is 1. The minimum absolute atomic E-state index is 0.0678. The number of carbonyl (C=O) groups is 8. The highest BCUT2D eigenvalue weighted by molar-refractivity contribution is 6.00. The van der Waals surface area contributed by atoms with E-state index in [4.69, 9.17) is 10.2 Å². The Balaban J connectivity index is -0.0000000441. The van der Waals surface area contributed by atoms with E-state index in [0.29, 0.717) is 19.3 Å². The lowest BCUT2D eigenvalue weighted by molar-refractivity contribution is -0.142. The minimum Gasteiger partial charge on any atom is -0.481 e. The lowest BCUT2D eigenvalue weighted by Crippen LogP contribution is -2.18. The van der Waals surface area contributed by atoms with Crippen LogP contribution in [0.2, 0.25) is 0 Å². The molecule has 15 nitrogen and oxygen atoms in total. The topological polar surface area (TPSA) is 262 Å². The number of hydrogen-bond donors (Lipinski definition) is 6. The minimum atomic E-state index is -1.10. The van der Waals surface area contributed by atoms with Crippen molar-refractivity contribution >= 4 is 47.1 Å². The van der Waals surface area contributed by atoms with Crippen molar-refractivity contribution in [2.24, 2.45) is 11.5 Å².